The summed E-state index contributed by atoms with van der Waals surface area (Å²) >= 11 is 0. The second-order valence-corrected chi connectivity index (χ2v) is 10.2. The van der Waals surface area contributed by atoms with Crippen LogP contribution in [0.25, 0.3) is 0 Å². The van der Waals surface area contributed by atoms with E-state index in [1.165, 1.54) is 20.8 Å². The van der Waals surface area contributed by atoms with Crippen LogP contribution in [0.15, 0.2) is 0 Å². The smallest absolute Gasteiger partial charge is 0.430 e. The van der Waals surface area contributed by atoms with Crippen molar-refractivity contribution < 1.29 is 60.6 Å². The van der Waals surface area contributed by atoms with Crippen molar-refractivity contribution >= 4 is 28.0 Å². The monoisotopic (exact) mass is 488 g/mol. The van der Waals surface area contributed by atoms with E-state index < -0.39 is 81.1 Å². The summed E-state index contributed by atoms with van der Waals surface area (Å²) < 4.78 is 71.0. The molecule has 1 saturated heterocycles. The van der Waals surface area contributed by atoms with Gasteiger partial charge in [0, 0.05) is 12.3 Å². The summed E-state index contributed by atoms with van der Waals surface area (Å²) in [6.07, 6.45) is -4.81. The van der Waals surface area contributed by atoms with Crippen LogP contribution in [-0.2, 0) is 38.7 Å². The minimum Gasteiger partial charge on any atom is -0.458 e. The minimum atomic E-state index is -6.07. The normalized spacial score (nSPS) is 29.0. The molecule has 1 heterocycles. The molecule has 7 unspecified atom stereocenters. The molecule has 1 saturated carbocycles. The van der Waals surface area contributed by atoms with Gasteiger partial charge in [-0.3, -0.25) is 18.9 Å². The van der Waals surface area contributed by atoms with Crippen molar-refractivity contribution in [2.24, 2.45) is 23.7 Å². The van der Waals surface area contributed by atoms with E-state index in [1.807, 2.05) is 0 Å². The van der Waals surface area contributed by atoms with Crippen LogP contribution < -0.4 is 0 Å². The van der Waals surface area contributed by atoms with Crippen LogP contribution >= 0.6 is 0 Å². The highest BCUT2D eigenvalue weighted by molar-refractivity contribution is 7.86. The molecule has 2 rings (SSSR count). The number of hydrogen-bond acceptors (Lipinski definition) is 10. The van der Waals surface area contributed by atoms with Gasteiger partial charge in [-0.15, -0.1) is 0 Å². The van der Waals surface area contributed by atoms with Crippen LogP contribution in [0.3, 0.4) is 0 Å². The number of fused-ring (bicyclic) bond motifs is 2. The lowest BCUT2D eigenvalue weighted by atomic mass is 9.71. The summed E-state index contributed by atoms with van der Waals surface area (Å²) in [5.74, 6) is -6.87. The van der Waals surface area contributed by atoms with Crippen molar-refractivity contribution in [1.29, 1.82) is 0 Å². The Morgan fingerprint density at radius 2 is 1.69 bits per heavy atom. The zero-order valence-electron chi connectivity index (χ0n) is 17.7. The van der Waals surface area contributed by atoms with Crippen LogP contribution in [0.5, 0.6) is 0 Å². The molecule has 3 N–H and O–H groups in total. The number of rotatable bonds is 8. The second kappa shape index (κ2) is 8.80. The highest BCUT2D eigenvalue weighted by Gasteiger charge is 2.56. The van der Waals surface area contributed by atoms with Crippen molar-refractivity contribution in [1.82, 2.24) is 0 Å². The van der Waals surface area contributed by atoms with E-state index in [1.54, 1.807) is 0 Å². The molecule has 184 valence electrons. The predicted molar refractivity (Wildman–Crippen MR) is 99.2 cm³/mol. The lowest BCUT2D eigenvalue weighted by Gasteiger charge is -2.38. The van der Waals surface area contributed by atoms with Crippen LogP contribution in [0.1, 0.15) is 40.5 Å². The number of aliphatic hydroxyl groups is 2. The van der Waals surface area contributed by atoms with E-state index in [9.17, 15) is 41.8 Å². The van der Waals surface area contributed by atoms with E-state index in [0.29, 0.717) is 0 Å². The summed E-state index contributed by atoms with van der Waals surface area (Å²) in [6, 6.07) is 0. The Bertz CT molecular complexity index is 867. The molecule has 2 bridgehead atoms. The van der Waals surface area contributed by atoms with Gasteiger partial charge in [0.25, 0.3) is 6.29 Å². The molecular formula is C18H26F2O11S. The van der Waals surface area contributed by atoms with Gasteiger partial charge < -0.3 is 24.4 Å². The van der Waals surface area contributed by atoms with Crippen LogP contribution in [0.4, 0.5) is 8.78 Å². The van der Waals surface area contributed by atoms with E-state index >= 15 is 0 Å². The minimum absolute atomic E-state index is 0.112. The molecule has 2 aliphatic rings. The van der Waals surface area contributed by atoms with Gasteiger partial charge in [-0.25, -0.2) is 0 Å². The molecule has 0 aromatic heterocycles. The van der Waals surface area contributed by atoms with Crippen molar-refractivity contribution in [3.05, 3.63) is 0 Å². The van der Waals surface area contributed by atoms with E-state index in [2.05, 4.69) is 4.74 Å². The van der Waals surface area contributed by atoms with Gasteiger partial charge >= 0.3 is 33.3 Å². The molecule has 2 fully saturated rings. The third-order valence-corrected chi connectivity index (χ3v) is 6.86. The summed E-state index contributed by atoms with van der Waals surface area (Å²) in [4.78, 5) is 36.6. The van der Waals surface area contributed by atoms with Gasteiger partial charge in [-0.2, -0.15) is 17.2 Å². The van der Waals surface area contributed by atoms with E-state index in [4.69, 9.17) is 14.0 Å². The number of esters is 3. The van der Waals surface area contributed by atoms with Crippen molar-refractivity contribution in [2.45, 2.75) is 69.9 Å². The van der Waals surface area contributed by atoms with Gasteiger partial charge in [0.05, 0.1) is 23.4 Å². The third kappa shape index (κ3) is 5.18. The fraction of sp³-hybridized carbons (Fsp3) is 0.833. The second-order valence-electron chi connectivity index (χ2n) is 8.69. The number of halogens is 2. The van der Waals surface area contributed by atoms with E-state index in [-0.39, 0.29) is 12.8 Å². The largest absolute Gasteiger partial charge is 0.458 e. The molecule has 1 aliphatic heterocycles. The van der Waals surface area contributed by atoms with Crippen molar-refractivity contribution in [3.63, 3.8) is 0 Å². The fourth-order valence-corrected chi connectivity index (χ4v) is 4.04. The molecule has 0 radical (unpaired) electrons. The van der Waals surface area contributed by atoms with Crippen molar-refractivity contribution in [2.75, 3.05) is 0 Å². The summed E-state index contributed by atoms with van der Waals surface area (Å²) in [5, 5.41) is 14.4. The first-order valence-corrected chi connectivity index (χ1v) is 11.2. The number of ether oxygens (including phenoxy) is 3. The standard InChI is InChI=1S/C18H26F2O11S/c1-7(8(2)14(22)31-16(24)18(19,20)32(26,27)28)13(21)29-12-6-10(17(3,4)25)9-5-11(12)30-15(9)23/h7-12,16,24-25H,5-6H2,1-4H3,(H,26,27,28). The first-order valence-electron chi connectivity index (χ1n) is 9.74. The average Bonchev–Trinajstić information content (AvgIpc) is 2.96. The molecule has 0 spiro atoms. The van der Waals surface area contributed by atoms with Gasteiger partial charge in [0.2, 0.25) is 0 Å². The van der Waals surface area contributed by atoms with Gasteiger partial charge in [-0.1, -0.05) is 13.8 Å². The molecule has 1 aliphatic carbocycles. The zero-order valence-corrected chi connectivity index (χ0v) is 18.5. The summed E-state index contributed by atoms with van der Waals surface area (Å²) in [7, 11) is -6.07. The number of hydrogen-bond donors (Lipinski definition) is 3. The Balaban J connectivity index is 2.04. The summed E-state index contributed by atoms with van der Waals surface area (Å²) in [6.45, 7) is 5.33. The maximum atomic E-state index is 13.3. The topological polar surface area (TPSA) is 174 Å². The first kappa shape index (κ1) is 26.4. The molecule has 14 heteroatoms. The molecule has 0 aromatic carbocycles. The highest BCUT2D eigenvalue weighted by atomic mass is 32.2. The Morgan fingerprint density at radius 3 is 2.19 bits per heavy atom. The number of aliphatic hydroxyl groups excluding tert-OH is 1. The van der Waals surface area contributed by atoms with Crippen LogP contribution in [-0.4, -0.2) is 70.4 Å². The quantitative estimate of drug-likeness (QED) is 0.185. The Kier molecular flexibility index (Phi) is 7.25. The maximum absolute atomic E-state index is 13.3. The summed E-state index contributed by atoms with van der Waals surface area (Å²) in [5.41, 5.74) is -1.26. The predicted octanol–water partition coefficient (Wildman–Crippen LogP) is 0.235. The fourth-order valence-electron chi connectivity index (χ4n) is 3.74. The lowest BCUT2D eigenvalue weighted by molar-refractivity contribution is -0.210. The molecular weight excluding hydrogens is 462 g/mol. The highest BCUT2D eigenvalue weighted by Crippen LogP contribution is 2.44. The van der Waals surface area contributed by atoms with Gasteiger partial charge in [0.1, 0.15) is 12.2 Å². The van der Waals surface area contributed by atoms with Gasteiger partial charge in [-0.05, 0) is 20.3 Å². The Morgan fingerprint density at radius 1 is 1.16 bits per heavy atom. The number of carbonyl (C=O) groups is 3. The Hall–Kier alpha value is -1.90. The molecule has 0 amide bonds. The lowest BCUT2D eigenvalue weighted by Crippen LogP contribution is -2.47. The molecule has 32 heavy (non-hydrogen) atoms. The van der Waals surface area contributed by atoms with Gasteiger partial charge in [0.15, 0.2) is 0 Å². The van der Waals surface area contributed by atoms with E-state index in [0.717, 1.165) is 6.92 Å². The SMILES string of the molecule is CC(C(=O)OC1CC(C(C)(C)O)C2CC1OC2=O)C(C)C(=O)OC(O)C(F)(F)S(=O)(=O)O. The van der Waals surface area contributed by atoms with Crippen molar-refractivity contribution in [3.8, 4) is 0 Å². The average molecular weight is 488 g/mol. The zero-order chi connectivity index (χ0) is 24.8. The first-order chi connectivity index (χ1) is 14.4. The molecule has 11 nitrogen and oxygen atoms in total. The maximum Gasteiger partial charge on any atom is 0.430 e. The molecule has 7 atom stereocenters. The van der Waals surface area contributed by atoms with Crippen LogP contribution in [0, 0.1) is 23.7 Å². The third-order valence-electron chi connectivity index (χ3n) is 5.97. The number of carbonyl (C=O) groups excluding carboxylic acids is 3. The van der Waals surface area contributed by atoms with Crippen LogP contribution in [0.2, 0.25) is 0 Å². The Labute approximate surface area is 182 Å². The molecule has 0 aromatic rings. The number of alkyl halides is 2.